The third-order valence-corrected chi connectivity index (χ3v) is 5.79. The van der Waals surface area contributed by atoms with Gasteiger partial charge >= 0.3 is 0 Å². The lowest BCUT2D eigenvalue weighted by atomic mass is 9.88. The molecule has 3 rings (SSSR count). The number of nitrogens with one attached hydrogen (secondary N) is 3. The zero-order valence-electron chi connectivity index (χ0n) is 19.5. The fourth-order valence-electron chi connectivity index (χ4n) is 3.79. The molecular formula is C24H37N5O2. The SMILES string of the molecule is CN=C(NCc1ncc(C(C)(C)C)o1)NCC1(NC(C)c2ccccc2)CCOCC1. The first-order valence-electron chi connectivity index (χ1n) is 11.1. The Labute approximate surface area is 186 Å². The highest BCUT2D eigenvalue weighted by Crippen LogP contribution is 2.25. The summed E-state index contributed by atoms with van der Waals surface area (Å²) in [6.07, 6.45) is 3.70. The molecule has 3 N–H and O–H groups in total. The molecule has 1 aromatic heterocycles. The van der Waals surface area contributed by atoms with Gasteiger partial charge in [0.25, 0.3) is 0 Å². The Kier molecular flexibility index (Phi) is 7.73. The van der Waals surface area contributed by atoms with E-state index in [1.54, 1.807) is 13.2 Å². The van der Waals surface area contributed by atoms with Gasteiger partial charge < -0.3 is 25.1 Å². The van der Waals surface area contributed by atoms with Crippen molar-refractivity contribution in [3.63, 3.8) is 0 Å². The molecule has 1 fully saturated rings. The predicted molar refractivity (Wildman–Crippen MR) is 124 cm³/mol. The van der Waals surface area contributed by atoms with Gasteiger partial charge in [0, 0.05) is 43.8 Å². The largest absolute Gasteiger partial charge is 0.443 e. The second-order valence-electron chi connectivity index (χ2n) is 9.32. The lowest BCUT2D eigenvalue weighted by Crippen LogP contribution is -2.58. The molecule has 0 aliphatic carbocycles. The number of benzene rings is 1. The molecule has 0 radical (unpaired) electrons. The lowest BCUT2D eigenvalue weighted by Gasteiger charge is -2.41. The summed E-state index contributed by atoms with van der Waals surface area (Å²) in [7, 11) is 1.78. The lowest BCUT2D eigenvalue weighted by molar-refractivity contribution is 0.0355. The summed E-state index contributed by atoms with van der Waals surface area (Å²) in [5.74, 6) is 2.27. The summed E-state index contributed by atoms with van der Waals surface area (Å²) >= 11 is 0. The molecule has 1 aromatic carbocycles. The molecule has 0 amide bonds. The van der Waals surface area contributed by atoms with E-state index < -0.39 is 0 Å². The Morgan fingerprint density at radius 2 is 1.87 bits per heavy atom. The molecule has 1 saturated heterocycles. The van der Waals surface area contributed by atoms with Crippen LogP contribution in [-0.2, 0) is 16.7 Å². The molecule has 31 heavy (non-hydrogen) atoms. The smallest absolute Gasteiger partial charge is 0.213 e. The van der Waals surface area contributed by atoms with Crippen molar-refractivity contribution in [3.8, 4) is 0 Å². The Hall–Kier alpha value is -2.38. The average molecular weight is 428 g/mol. The molecule has 2 heterocycles. The normalized spacial score (nSPS) is 17.9. The van der Waals surface area contributed by atoms with Crippen molar-refractivity contribution in [2.75, 3.05) is 26.8 Å². The molecule has 7 heteroatoms. The van der Waals surface area contributed by atoms with Crippen LogP contribution in [0, 0.1) is 0 Å². The Bertz CT molecular complexity index is 835. The first-order valence-corrected chi connectivity index (χ1v) is 11.1. The number of hydrogen-bond acceptors (Lipinski definition) is 5. The fraction of sp³-hybridized carbons (Fsp3) is 0.583. The van der Waals surface area contributed by atoms with Crippen molar-refractivity contribution < 1.29 is 9.15 Å². The van der Waals surface area contributed by atoms with Crippen LogP contribution in [0.15, 0.2) is 45.9 Å². The molecule has 0 spiro atoms. The summed E-state index contributed by atoms with van der Waals surface area (Å²) in [5.41, 5.74) is 1.17. The van der Waals surface area contributed by atoms with E-state index in [0.29, 0.717) is 12.4 Å². The van der Waals surface area contributed by atoms with Gasteiger partial charge in [-0.15, -0.1) is 0 Å². The highest BCUT2D eigenvalue weighted by molar-refractivity contribution is 5.79. The van der Waals surface area contributed by atoms with Crippen LogP contribution in [0.5, 0.6) is 0 Å². The molecule has 1 atom stereocenters. The van der Waals surface area contributed by atoms with Gasteiger partial charge in [0.1, 0.15) is 5.76 Å². The van der Waals surface area contributed by atoms with E-state index in [9.17, 15) is 0 Å². The molecule has 7 nitrogen and oxygen atoms in total. The third kappa shape index (κ3) is 6.55. The van der Waals surface area contributed by atoms with E-state index in [2.05, 4.69) is 84.0 Å². The zero-order chi connectivity index (χ0) is 22.3. The number of guanidine groups is 1. The van der Waals surface area contributed by atoms with Crippen LogP contribution in [0.1, 0.15) is 63.8 Å². The number of oxazole rings is 1. The van der Waals surface area contributed by atoms with Crippen LogP contribution >= 0.6 is 0 Å². The van der Waals surface area contributed by atoms with E-state index in [1.807, 2.05) is 0 Å². The van der Waals surface area contributed by atoms with Crippen molar-refractivity contribution in [3.05, 3.63) is 53.7 Å². The molecule has 1 unspecified atom stereocenters. The average Bonchev–Trinajstić information content (AvgIpc) is 3.25. The molecule has 0 bridgehead atoms. The van der Waals surface area contributed by atoms with Gasteiger partial charge in [-0.2, -0.15) is 0 Å². The van der Waals surface area contributed by atoms with E-state index in [-0.39, 0.29) is 17.0 Å². The van der Waals surface area contributed by atoms with Crippen LogP contribution in [0.4, 0.5) is 0 Å². The minimum atomic E-state index is -0.0620. The van der Waals surface area contributed by atoms with Crippen LogP contribution < -0.4 is 16.0 Å². The summed E-state index contributed by atoms with van der Waals surface area (Å²) in [6.45, 7) is 11.3. The van der Waals surface area contributed by atoms with Gasteiger partial charge in [0.15, 0.2) is 5.96 Å². The van der Waals surface area contributed by atoms with Crippen LogP contribution in [0.2, 0.25) is 0 Å². The van der Waals surface area contributed by atoms with Gasteiger partial charge in [0.2, 0.25) is 5.89 Å². The van der Waals surface area contributed by atoms with E-state index in [1.165, 1.54) is 5.56 Å². The van der Waals surface area contributed by atoms with Crippen molar-refractivity contribution in [2.45, 2.75) is 64.1 Å². The first-order chi connectivity index (χ1) is 14.8. The maximum absolute atomic E-state index is 5.87. The molecule has 1 aliphatic rings. The van der Waals surface area contributed by atoms with Gasteiger partial charge in [-0.05, 0) is 25.3 Å². The summed E-state index contributed by atoms with van der Waals surface area (Å²) in [5, 5.41) is 10.7. The summed E-state index contributed by atoms with van der Waals surface area (Å²) in [6, 6.07) is 10.8. The van der Waals surface area contributed by atoms with Crippen molar-refractivity contribution in [1.82, 2.24) is 20.9 Å². The maximum atomic E-state index is 5.87. The highest BCUT2D eigenvalue weighted by Gasteiger charge is 2.34. The predicted octanol–water partition coefficient (Wildman–Crippen LogP) is 3.54. The maximum Gasteiger partial charge on any atom is 0.213 e. The zero-order valence-corrected chi connectivity index (χ0v) is 19.5. The molecular weight excluding hydrogens is 390 g/mol. The van der Waals surface area contributed by atoms with Gasteiger partial charge in [-0.3, -0.25) is 4.99 Å². The van der Waals surface area contributed by atoms with Crippen LogP contribution in [0.3, 0.4) is 0 Å². The standard InChI is InChI=1S/C24H37N5O2/c1-18(19-9-7-6-8-10-19)29-24(11-13-30-14-12-24)17-28-22(25-5)27-16-21-26-15-20(31-21)23(2,3)4/h6-10,15,18,29H,11-14,16-17H2,1-5H3,(H2,25,27,28). The van der Waals surface area contributed by atoms with E-state index in [0.717, 1.165) is 44.3 Å². The fourth-order valence-corrected chi connectivity index (χ4v) is 3.79. The molecule has 170 valence electrons. The van der Waals surface area contributed by atoms with Gasteiger partial charge in [-0.25, -0.2) is 4.98 Å². The Morgan fingerprint density at radius 1 is 1.16 bits per heavy atom. The van der Waals surface area contributed by atoms with Crippen molar-refractivity contribution in [1.29, 1.82) is 0 Å². The van der Waals surface area contributed by atoms with Crippen molar-refractivity contribution in [2.24, 2.45) is 4.99 Å². The molecule has 2 aromatic rings. The Morgan fingerprint density at radius 3 is 2.48 bits per heavy atom. The van der Waals surface area contributed by atoms with E-state index in [4.69, 9.17) is 9.15 Å². The second kappa shape index (κ2) is 10.3. The van der Waals surface area contributed by atoms with E-state index >= 15 is 0 Å². The van der Waals surface area contributed by atoms with Crippen molar-refractivity contribution >= 4 is 5.96 Å². The van der Waals surface area contributed by atoms with Crippen LogP contribution in [0.25, 0.3) is 0 Å². The topological polar surface area (TPSA) is 83.7 Å². The third-order valence-electron chi connectivity index (χ3n) is 5.79. The molecule has 0 saturated carbocycles. The molecule has 1 aliphatic heterocycles. The summed E-state index contributed by atoms with van der Waals surface area (Å²) < 4.78 is 11.5. The number of hydrogen-bond donors (Lipinski definition) is 3. The quantitative estimate of drug-likeness (QED) is 0.463. The van der Waals surface area contributed by atoms with Crippen LogP contribution in [-0.4, -0.2) is 43.3 Å². The number of aliphatic imine (C=N–C) groups is 1. The van der Waals surface area contributed by atoms with Gasteiger partial charge in [0.05, 0.1) is 12.7 Å². The summed E-state index contributed by atoms with van der Waals surface area (Å²) in [4.78, 5) is 8.76. The first kappa shape index (κ1) is 23.3. The number of aromatic nitrogens is 1. The van der Waals surface area contributed by atoms with Gasteiger partial charge in [-0.1, -0.05) is 51.1 Å². The number of nitrogens with zero attached hydrogens (tertiary/aromatic N) is 2. The number of rotatable bonds is 7. The Balaban J connectivity index is 1.58. The number of ether oxygens (including phenoxy) is 1. The highest BCUT2D eigenvalue weighted by atomic mass is 16.5. The second-order valence-corrected chi connectivity index (χ2v) is 9.32. The minimum absolute atomic E-state index is 0.0538. The minimum Gasteiger partial charge on any atom is -0.443 e. The monoisotopic (exact) mass is 427 g/mol.